The number of rotatable bonds is 3. The minimum Gasteiger partial charge on any atom is -0.480 e. The minimum atomic E-state index is -0.992. The zero-order valence-electron chi connectivity index (χ0n) is 9.76. The van der Waals surface area contributed by atoms with Gasteiger partial charge >= 0.3 is 5.97 Å². The standard InChI is InChI=1S/C13H12BrNO3/c1-2-11(13(17)18)15-6-5-8-3-4-9(14)7-10(8)12(15)16/h3-7,11H,2H2,1H3,(H,17,18). The van der Waals surface area contributed by atoms with Gasteiger partial charge in [-0.25, -0.2) is 4.79 Å². The third-order valence-corrected chi connectivity index (χ3v) is 3.40. The van der Waals surface area contributed by atoms with E-state index in [4.69, 9.17) is 5.11 Å². The van der Waals surface area contributed by atoms with Gasteiger partial charge in [0.2, 0.25) is 0 Å². The highest BCUT2D eigenvalue weighted by atomic mass is 79.9. The molecule has 0 aliphatic heterocycles. The van der Waals surface area contributed by atoms with Gasteiger partial charge in [-0.05, 0) is 30.0 Å². The first-order valence-corrected chi connectivity index (χ1v) is 6.37. The summed E-state index contributed by atoms with van der Waals surface area (Å²) in [6.45, 7) is 1.75. The monoisotopic (exact) mass is 309 g/mol. The molecule has 0 saturated carbocycles. The van der Waals surface area contributed by atoms with Crippen molar-refractivity contribution in [3.63, 3.8) is 0 Å². The molecule has 0 radical (unpaired) electrons. The van der Waals surface area contributed by atoms with E-state index >= 15 is 0 Å². The lowest BCUT2D eigenvalue weighted by atomic mass is 10.1. The van der Waals surface area contributed by atoms with Crippen LogP contribution < -0.4 is 5.56 Å². The second-order valence-electron chi connectivity index (χ2n) is 4.02. The van der Waals surface area contributed by atoms with Crippen LogP contribution in [0, 0.1) is 0 Å². The Bertz CT molecular complexity index is 663. The molecule has 94 valence electrons. The van der Waals surface area contributed by atoms with E-state index in [2.05, 4.69) is 15.9 Å². The molecule has 0 aliphatic carbocycles. The van der Waals surface area contributed by atoms with E-state index in [0.29, 0.717) is 11.8 Å². The Morgan fingerprint density at radius 2 is 2.17 bits per heavy atom. The van der Waals surface area contributed by atoms with Crippen LogP contribution in [0.3, 0.4) is 0 Å². The molecule has 5 heteroatoms. The summed E-state index contributed by atoms with van der Waals surface area (Å²) in [6, 6.07) is 6.33. The lowest BCUT2D eigenvalue weighted by Gasteiger charge is -2.14. The van der Waals surface area contributed by atoms with Gasteiger partial charge in [-0.1, -0.05) is 28.9 Å². The zero-order valence-corrected chi connectivity index (χ0v) is 11.3. The number of benzene rings is 1. The Kier molecular flexibility index (Phi) is 3.52. The number of halogens is 1. The van der Waals surface area contributed by atoms with E-state index < -0.39 is 12.0 Å². The Hall–Kier alpha value is -1.62. The van der Waals surface area contributed by atoms with Crippen LogP contribution in [0.2, 0.25) is 0 Å². The van der Waals surface area contributed by atoms with E-state index in [9.17, 15) is 9.59 Å². The summed E-state index contributed by atoms with van der Waals surface area (Å²) in [5.74, 6) is -0.992. The molecule has 1 N–H and O–H groups in total. The van der Waals surface area contributed by atoms with E-state index in [1.54, 1.807) is 25.3 Å². The van der Waals surface area contributed by atoms with Gasteiger partial charge in [-0.15, -0.1) is 0 Å². The SMILES string of the molecule is CCC(C(=O)O)n1ccc2ccc(Br)cc2c1=O. The summed E-state index contributed by atoms with van der Waals surface area (Å²) in [5.41, 5.74) is -0.275. The highest BCUT2D eigenvalue weighted by molar-refractivity contribution is 9.10. The highest BCUT2D eigenvalue weighted by Gasteiger charge is 2.18. The van der Waals surface area contributed by atoms with E-state index in [1.807, 2.05) is 12.1 Å². The van der Waals surface area contributed by atoms with Gasteiger partial charge in [0.15, 0.2) is 0 Å². The van der Waals surface area contributed by atoms with E-state index in [1.165, 1.54) is 4.57 Å². The first-order chi connectivity index (χ1) is 8.54. The number of nitrogens with zero attached hydrogens (tertiary/aromatic N) is 1. The van der Waals surface area contributed by atoms with Crippen LogP contribution in [0.4, 0.5) is 0 Å². The topological polar surface area (TPSA) is 59.3 Å². The number of pyridine rings is 1. The molecule has 0 bridgehead atoms. The number of carboxylic acids is 1. The summed E-state index contributed by atoms with van der Waals surface area (Å²) in [7, 11) is 0. The fourth-order valence-electron chi connectivity index (χ4n) is 1.96. The number of carboxylic acid groups (broad SMARTS) is 1. The highest BCUT2D eigenvalue weighted by Crippen LogP contribution is 2.18. The zero-order chi connectivity index (χ0) is 13.3. The molecule has 18 heavy (non-hydrogen) atoms. The average Bonchev–Trinajstić information content (AvgIpc) is 2.33. The largest absolute Gasteiger partial charge is 0.480 e. The number of hydrogen-bond acceptors (Lipinski definition) is 2. The third kappa shape index (κ3) is 2.18. The number of hydrogen-bond donors (Lipinski definition) is 1. The van der Waals surface area contributed by atoms with Gasteiger partial charge in [0.05, 0.1) is 0 Å². The van der Waals surface area contributed by atoms with Crippen LogP contribution in [0.15, 0.2) is 39.7 Å². The van der Waals surface area contributed by atoms with Crippen molar-refractivity contribution in [2.45, 2.75) is 19.4 Å². The Labute approximate surface area is 112 Å². The molecule has 0 aliphatic rings. The average molecular weight is 310 g/mol. The molecule has 1 aromatic heterocycles. The van der Waals surface area contributed by atoms with Crippen LogP contribution in [0.1, 0.15) is 19.4 Å². The smallest absolute Gasteiger partial charge is 0.326 e. The van der Waals surface area contributed by atoms with Crippen molar-refractivity contribution in [3.8, 4) is 0 Å². The molecule has 0 spiro atoms. The van der Waals surface area contributed by atoms with Gasteiger partial charge < -0.3 is 9.67 Å². The van der Waals surface area contributed by atoms with Gasteiger partial charge in [-0.2, -0.15) is 0 Å². The summed E-state index contributed by atoms with van der Waals surface area (Å²) in [5, 5.41) is 10.4. The fourth-order valence-corrected chi connectivity index (χ4v) is 2.32. The molecule has 2 rings (SSSR count). The summed E-state index contributed by atoms with van der Waals surface area (Å²) >= 11 is 3.31. The van der Waals surface area contributed by atoms with Crippen molar-refractivity contribution in [1.82, 2.24) is 4.57 Å². The minimum absolute atomic E-state index is 0.275. The predicted molar refractivity (Wildman–Crippen MR) is 72.9 cm³/mol. The van der Waals surface area contributed by atoms with Gasteiger partial charge in [0, 0.05) is 16.1 Å². The quantitative estimate of drug-likeness (QED) is 0.948. The van der Waals surface area contributed by atoms with Crippen molar-refractivity contribution in [2.75, 3.05) is 0 Å². The normalized spacial score (nSPS) is 12.6. The first-order valence-electron chi connectivity index (χ1n) is 5.57. The third-order valence-electron chi connectivity index (χ3n) is 2.90. The Morgan fingerprint density at radius 1 is 1.44 bits per heavy atom. The van der Waals surface area contributed by atoms with Gasteiger partial charge in [0.25, 0.3) is 5.56 Å². The van der Waals surface area contributed by atoms with Gasteiger partial charge in [0.1, 0.15) is 6.04 Å². The summed E-state index contributed by atoms with van der Waals surface area (Å²) < 4.78 is 2.07. The van der Waals surface area contributed by atoms with Crippen molar-refractivity contribution < 1.29 is 9.90 Å². The first kappa shape index (κ1) is 12.8. The summed E-state index contributed by atoms with van der Waals surface area (Å²) in [4.78, 5) is 23.4. The van der Waals surface area contributed by atoms with E-state index in [-0.39, 0.29) is 5.56 Å². The molecule has 1 unspecified atom stereocenters. The molecule has 0 amide bonds. The summed E-state index contributed by atoms with van der Waals surface area (Å²) in [6.07, 6.45) is 1.91. The fraction of sp³-hybridized carbons (Fsp3) is 0.231. The molecule has 1 heterocycles. The maximum atomic E-state index is 12.3. The molecular weight excluding hydrogens is 298 g/mol. The maximum Gasteiger partial charge on any atom is 0.326 e. The van der Waals surface area contributed by atoms with Crippen molar-refractivity contribution in [1.29, 1.82) is 0 Å². The predicted octanol–water partition coefficient (Wildman–Crippen LogP) is 2.80. The molecule has 1 aromatic carbocycles. The van der Waals surface area contributed by atoms with E-state index in [0.717, 1.165) is 9.86 Å². The Morgan fingerprint density at radius 3 is 2.78 bits per heavy atom. The lowest BCUT2D eigenvalue weighted by molar-refractivity contribution is -0.141. The maximum absolute atomic E-state index is 12.3. The van der Waals surface area contributed by atoms with Crippen LogP contribution in [0.5, 0.6) is 0 Å². The van der Waals surface area contributed by atoms with Crippen molar-refractivity contribution >= 4 is 32.7 Å². The number of aliphatic carboxylic acids is 1. The number of fused-ring (bicyclic) bond motifs is 1. The number of aromatic nitrogens is 1. The molecular formula is C13H12BrNO3. The van der Waals surface area contributed by atoms with Crippen LogP contribution in [-0.4, -0.2) is 15.6 Å². The number of carbonyl (C=O) groups is 1. The van der Waals surface area contributed by atoms with Crippen LogP contribution in [0.25, 0.3) is 10.8 Å². The molecule has 0 fully saturated rings. The molecule has 4 nitrogen and oxygen atoms in total. The molecule has 0 saturated heterocycles. The van der Waals surface area contributed by atoms with Crippen molar-refractivity contribution in [3.05, 3.63) is 45.3 Å². The van der Waals surface area contributed by atoms with Gasteiger partial charge in [-0.3, -0.25) is 4.79 Å². The lowest BCUT2D eigenvalue weighted by Crippen LogP contribution is -2.29. The van der Waals surface area contributed by atoms with Crippen LogP contribution >= 0.6 is 15.9 Å². The van der Waals surface area contributed by atoms with Crippen LogP contribution in [-0.2, 0) is 4.79 Å². The molecule has 1 atom stereocenters. The second kappa shape index (κ2) is 4.94. The molecule has 2 aromatic rings. The van der Waals surface area contributed by atoms with Crippen molar-refractivity contribution in [2.24, 2.45) is 0 Å². The Balaban J connectivity index is 2.71. The second-order valence-corrected chi connectivity index (χ2v) is 4.94.